The Morgan fingerprint density at radius 2 is 1.68 bits per heavy atom. The number of anilines is 1. The number of allylic oxidation sites excluding steroid dienone is 1. The van der Waals surface area contributed by atoms with Gasteiger partial charge >= 0.3 is 0 Å². The van der Waals surface area contributed by atoms with Crippen molar-refractivity contribution in [3.05, 3.63) is 105 Å². The number of imide groups is 1. The molecule has 9 nitrogen and oxygen atoms in total. The summed E-state index contributed by atoms with van der Waals surface area (Å²) in [7, 11) is 0. The molecule has 1 saturated heterocycles. The summed E-state index contributed by atoms with van der Waals surface area (Å²) in [6.45, 7) is 3.89. The van der Waals surface area contributed by atoms with Crippen LogP contribution in [0.2, 0.25) is 0 Å². The predicted octanol–water partition coefficient (Wildman–Crippen LogP) is 6.18. The molecule has 0 unspecified atom stereocenters. The quantitative estimate of drug-likeness (QED) is 0.308. The largest absolute Gasteiger partial charge is 0.271 e. The van der Waals surface area contributed by atoms with E-state index in [1.54, 1.807) is 23.2 Å². The van der Waals surface area contributed by atoms with Crippen molar-refractivity contribution in [3.8, 4) is 0 Å². The molecule has 3 aliphatic heterocycles. The van der Waals surface area contributed by atoms with Gasteiger partial charge in [0.25, 0.3) is 17.7 Å². The first-order valence-electron chi connectivity index (χ1n) is 14.8. The van der Waals surface area contributed by atoms with Crippen LogP contribution in [0.1, 0.15) is 47.6 Å². The molecule has 0 spiro atoms. The third kappa shape index (κ3) is 4.96. The van der Waals surface area contributed by atoms with Crippen LogP contribution in [0.25, 0.3) is 6.08 Å². The van der Waals surface area contributed by atoms with Gasteiger partial charge in [0.15, 0.2) is 12.1 Å². The molecular formula is C34H31BrN6O3. The minimum atomic E-state index is -0.987. The van der Waals surface area contributed by atoms with Crippen molar-refractivity contribution in [2.24, 2.45) is 21.4 Å². The second kappa shape index (κ2) is 11.2. The number of hydrogen-bond donors (Lipinski definition) is 0. The highest BCUT2D eigenvalue weighted by atomic mass is 79.9. The molecule has 4 aliphatic rings. The van der Waals surface area contributed by atoms with Gasteiger partial charge in [0.1, 0.15) is 6.54 Å². The van der Waals surface area contributed by atoms with Crippen LogP contribution in [0.15, 0.2) is 98.3 Å². The number of nitrogens with zero attached hydrogens (tertiary/aromatic N) is 6. The lowest BCUT2D eigenvalue weighted by molar-refractivity contribution is -0.136. The maximum atomic E-state index is 14.1. The molecule has 0 N–H and O–H groups in total. The molecule has 1 saturated carbocycles. The van der Waals surface area contributed by atoms with E-state index in [2.05, 4.69) is 87.8 Å². The van der Waals surface area contributed by atoms with Gasteiger partial charge in [-0.15, -0.1) is 0 Å². The Kier molecular flexibility index (Phi) is 7.24. The van der Waals surface area contributed by atoms with Gasteiger partial charge in [-0.2, -0.15) is 10.2 Å². The fourth-order valence-electron chi connectivity index (χ4n) is 6.60. The molecule has 10 heteroatoms. The number of amides is 3. The number of fused-ring (bicyclic) bond motifs is 2. The first-order chi connectivity index (χ1) is 21.3. The minimum Gasteiger partial charge on any atom is -0.271 e. The molecule has 1 aliphatic carbocycles. The van der Waals surface area contributed by atoms with E-state index in [-0.39, 0.29) is 24.4 Å². The van der Waals surface area contributed by atoms with Gasteiger partial charge in [0, 0.05) is 10.4 Å². The monoisotopic (exact) mass is 650 g/mol. The first kappa shape index (κ1) is 28.3. The van der Waals surface area contributed by atoms with E-state index < -0.39 is 23.9 Å². The summed E-state index contributed by atoms with van der Waals surface area (Å²) < 4.78 is 0.744. The van der Waals surface area contributed by atoms with Gasteiger partial charge in [-0.25, -0.2) is 9.91 Å². The Hall–Kier alpha value is -4.44. The lowest BCUT2D eigenvalue weighted by Crippen LogP contribution is -2.45. The van der Waals surface area contributed by atoms with Gasteiger partial charge in [-0.3, -0.25) is 19.4 Å². The van der Waals surface area contributed by atoms with Crippen LogP contribution >= 0.6 is 15.9 Å². The number of aryl methyl sites for hydroxylation is 2. The Morgan fingerprint density at radius 1 is 0.955 bits per heavy atom. The van der Waals surface area contributed by atoms with Crippen molar-refractivity contribution in [1.82, 2.24) is 10.0 Å². The number of benzene rings is 3. The summed E-state index contributed by atoms with van der Waals surface area (Å²) in [6.07, 6.45) is 4.98. The van der Waals surface area contributed by atoms with E-state index in [1.807, 2.05) is 13.0 Å². The summed E-state index contributed by atoms with van der Waals surface area (Å²) in [4.78, 5) is 42.0. The van der Waals surface area contributed by atoms with Gasteiger partial charge < -0.3 is 0 Å². The fourth-order valence-corrected chi connectivity index (χ4v) is 6.99. The summed E-state index contributed by atoms with van der Waals surface area (Å²) in [5.74, 6) is -1.15. The third-order valence-electron chi connectivity index (χ3n) is 8.82. The van der Waals surface area contributed by atoms with Crippen molar-refractivity contribution in [1.29, 1.82) is 0 Å². The van der Waals surface area contributed by atoms with Crippen LogP contribution in [0.3, 0.4) is 0 Å². The van der Waals surface area contributed by atoms with E-state index in [1.165, 1.54) is 10.6 Å². The summed E-state index contributed by atoms with van der Waals surface area (Å²) in [6, 6.07) is 21.4. The van der Waals surface area contributed by atoms with Crippen LogP contribution in [0.4, 0.5) is 5.69 Å². The maximum Gasteiger partial charge on any atom is 0.264 e. The molecule has 0 bridgehead atoms. The van der Waals surface area contributed by atoms with Crippen LogP contribution < -0.4 is 4.90 Å². The van der Waals surface area contributed by atoms with Crippen LogP contribution in [0.5, 0.6) is 0 Å². The van der Waals surface area contributed by atoms with Crippen molar-refractivity contribution in [2.75, 3.05) is 11.4 Å². The van der Waals surface area contributed by atoms with Crippen molar-refractivity contribution in [2.45, 2.75) is 51.2 Å². The van der Waals surface area contributed by atoms with E-state index in [0.29, 0.717) is 5.69 Å². The smallest absolute Gasteiger partial charge is 0.264 e. The van der Waals surface area contributed by atoms with Gasteiger partial charge in [-0.1, -0.05) is 86.9 Å². The lowest BCUT2D eigenvalue weighted by atomic mass is 9.77. The lowest BCUT2D eigenvalue weighted by Gasteiger charge is -2.30. The standard InChI is InChI=1S/C34H31BrN6O3/c1-20-9-13-22(14-10-20)17-24-5-3-8-27-29(24)37-41(31(27)23-15-11-21(2)12-16-23)28(42)19-39-32-30(36-38-39)33(43)40(34(32)44)26-7-4-6-25(35)18-26/h4,6-7,9-18,27,30-32H,3,5,8,19H2,1-2H3/b24-17+/t27-,30-,31-,32+/m0/s1. The SMILES string of the molecule is Cc1ccc(/C=C2\CCC[C@H]3C2=NN(C(=O)CN2N=N[C@@H]4C(=O)N(c5cccc(Br)c5)C(=O)[C@@H]42)[C@H]3c2ccc(C)cc2)cc1. The normalized spacial score (nSPS) is 25.1. The van der Waals surface area contributed by atoms with Crippen LogP contribution in [0, 0.1) is 19.8 Å². The number of hydrazone groups is 1. The van der Waals surface area contributed by atoms with Crippen molar-refractivity contribution < 1.29 is 14.4 Å². The van der Waals surface area contributed by atoms with Gasteiger partial charge in [0.2, 0.25) is 0 Å². The molecule has 222 valence electrons. The fraction of sp³-hybridized carbons (Fsp3) is 0.294. The van der Waals surface area contributed by atoms with E-state index >= 15 is 0 Å². The zero-order valence-electron chi connectivity index (χ0n) is 24.4. The van der Waals surface area contributed by atoms with Crippen molar-refractivity contribution >= 4 is 51.1 Å². The zero-order chi connectivity index (χ0) is 30.5. The molecule has 7 rings (SSSR count). The number of carbonyl (C=O) groups is 3. The topological polar surface area (TPSA) is 98.0 Å². The molecule has 3 aromatic carbocycles. The van der Waals surface area contributed by atoms with Crippen LogP contribution in [-0.2, 0) is 14.4 Å². The van der Waals surface area contributed by atoms with Gasteiger partial charge in [-0.05, 0) is 74.1 Å². The number of halogens is 1. The van der Waals surface area contributed by atoms with E-state index in [0.717, 1.165) is 56.6 Å². The second-order valence-electron chi connectivity index (χ2n) is 11.8. The number of carbonyl (C=O) groups excluding carboxylic acids is 3. The molecule has 4 atom stereocenters. The highest BCUT2D eigenvalue weighted by Crippen LogP contribution is 2.45. The molecule has 2 fully saturated rings. The average molecular weight is 652 g/mol. The number of hydrogen-bond acceptors (Lipinski definition) is 7. The van der Waals surface area contributed by atoms with E-state index in [4.69, 9.17) is 5.10 Å². The van der Waals surface area contributed by atoms with E-state index in [9.17, 15) is 14.4 Å². The zero-order valence-corrected chi connectivity index (χ0v) is 26.0. The summed E-state index contributed by atoms with van der Waals surface area (Å²) in [5.41, 5.74) is 6.98. The molecule has 0 radical (unpaired) electrons. The molecule has 3 heterocycles. The molecule has 0 aromatic heterocycles. The Morgan fingerprint density at radius 3 is 2.41 bits per heavy atom. The molecular weight excluding hydrogens is 620 g/mol. The Bertz CT molecular complexity index is 1750. The Balaban J connectivity index is 1.19. The third-order valence-corrected chi connectivity index (χ3v) is 9.31. The number of rotatable bonds is 5. The van der Waals surface area contributed by atoms with Crippen LogP contribution in [-0.4, -0.2) is 52.1 Å². The molecule has 44 heavy (non-hydrogen) atoms. The first-order valence-corrected chi connectivity index (χ1v) is 15.6. The highest BCUT2D eigenvalue weighted by molar-refractivity contribution is 9.10. The average Bonchev–Trinajstić information content (AvgIpc) is 3.68. The molecule has 3 aromatic rings. The second-order valence-corrected chi connectivity index (χ2v) is 12.8. The summed E-state index contributed by atoms with van der Waals surface area (Å²) >= 11 is 3.40. The van der Waals surface area contributed by atoms with Crippen molar-refractivity contribution in [3.63, 3.8) is 0 Å². The molecule has 3 amide bonds. The summed E-state index contributed by atoms with van der Waals surface area (Å²) in [5, 5.41) is 16.2. The highest BCUT2D eigenvalue weighted by Gasteiger charge is 2.55. The maximum absolute atomic E-state index is 14.1. The predicted molar refractivity (Wildman–Crippen MR) is 170 cm³/mol. The Labute approximate surface area is 264 Å². The van der Waals surface area contributed by atoms with Gasteiger partial charge in [0.05, 0.1) is 17.4 Å². The minimum absolute atomic E-state index is 0.0433.